The summed E-state index contributed by atoms with van der Waals surface area (Å²) < 4.78 is 5.62. The molecule has 1 saturated heterocycles. The van der Waals surface area contributed by atoms with Crippen LogP contribution in [0.5, 0.6) is 0 Å². The van der Waals surface area contributed by atoms with Crippen LogP contribution in [-0.4, -0.2) is 49.0 Å². The van der Waals surface area contributed by atoms with E-state index in [9.17, 15) is 9.90 Å². The molecule has 5 nitrogen and oxygen atoms in total. The molecule has 114 valence electrons. The molecule has 0 radical (unpaired) electrons. The van der Waals surface area contributed by atoms with E-state index in [1.54, 1.807) is 0 Å². The van der Waals surface area contributed by atoms with Crippen molar-refractivity contribution < 1.29 is 14.6 Å². The number of rotatable bonds is 6. The molecular weight excluding hydrogens is 256 g/mol. The van der Waals surface area contributed by atoms with Crippen LogP contribution in [-0.2, 0) is 9.53 Å². The average molecular weight is 282 g/mol. The summed E-state index contributed by atoms with van der Waals surface area (Å²) in [7, 11) is 0. The minimum absolute atomic E-state index is 0.0176. The second-order valence-corrected chi connectivity index (χ2v) is 6.55. The monoisotopic (exact) mass is 282 g/mol. The van der Waals surface area contributed by atoms with Gasteiger partial charge in [0.15, 0.2) is 0 Å². The molecule has 2 saturated carbocycles. The highest BCUT2D eigenvalue weighted by Crippen LogP contribution is 2.28. The highest BCUT2D eigenvalue weighted by atomic mass is 16.5. The highest BCUT2D eigenvalue weighted by Gasteiger charge is 2.37. The molecule has 3 atom stereocenters. The van der Waals surface area contributed by atoms with Crippen molar-refractivity contribution in [1.29, 1.82) is 0 Å². The fourth-order valence-electron chi connectivity index (χ4n) is 3.22. The summed E-state index contributed by atoms with van der Waals surface area (Å²) in [5.41, 5.74) is 0. The van der Waals surface area contributed by atoms with Gasteiger partial charge >= 0.3 is 0 Å². The van der Waals surface area contributed by atoms with Crippen LogP contribution in [0.25, 0.3) is 0 Å². The molecule has 20 heavy (non-hydrogen) atoms. The predicted molar refractivity (Wildman–Crippen MR) is 75.2 cm³/mol. The van der Waals surface area contributed by atoms with Crippen molar-refractivity contribution in [2.75, 3.05) is 19.7 Å². The van der Waals surface area contributed by atoms with Gasteiger partial charge in [-0.05, 0) is 38.1 Å². The topological polar surface area (TPSA) is 70.6 Å². The van der Waals surface area contributed by atoms with Crippen LogP contribution < -0.4 is 10.6 Å². The van der Waals surface area contributed by atoms with Gasteiger partial charge in [-0.15, -0.1) is 0 Å². The molecule has 1 heterocycles. The molecule has 1 aliphatic heterocycles. The van der Waals surface area contributed by atoms with E-state index in [0.717, 1.165) is 38.1 Å². The highest BCUT2D eigenvalue weighted by molar-refractivity contribution is 5.78. The fourth-order valence-corrected chi connectivity index (χ4v) is 3.22. The number of ether oxygens (including phenoxy) is 1. The lowest BCUT2D eigenvalue weighted by Crippen LogP contribution is -2.45. The Kier molecular flexibility index (Phi) is 4.58. The zero-order valence-corrected chi connectivity index (χ0v) is 12.0. The van der Waals surface area contributed by atoms with E-state index in [-0.39, 0.29) is 24.0 Å². The minimum atomic E-state index is -0.516. The molecule has 0 aromatic heterocycles. The first-order valence-electron chi connectivity index (χ1n) is 8.05. The molecule has 0 aromatic carbocycles. The third-order valence-corrected chi connectivity index (χ3v) is 4.85. The van der Waals surface area contributed by atoms with E-state index in [1.807, 2.05) is 0 Å². The molecule has 3 fully saturated rings. The molecular formula is C15H26N2O3. The Morgan fingerprint density at radius 3 is 2.60 bits per heavy atom. The number of hydrogen-bond acceptors (Lipinski definition) is 4. The van der Waals surface area contributed by atoms with Crippen LogP contribution in [0.4, 0.5) is 0 Å². The summed E-state index contributed by atoms with van der Waals surface area (Å²) in [6.45, 7) is 1.95. The van der Waals surface area contributed by atoms with Crippen molar-refractivity contribution in [2.24, 2.45) is 11.8 Å². The maximum Gasteiger partial charge on any atom is 0.223 e. The number of amides is 1. The van der Waals surface area contributed by atoms with Gasteiger partial charge in [-0.25, -0.2) is 0 Å². The number of aliphatic hydroxyl groups excluding tert-OH is 1. The van der Waals surface area contributed by atoms with Crippen LogP contribution in [0, 0.1) is 11.8 Å². The van der Waals surface area contributed by atoms with Crippen LogP contribution in [0.15, 0.2) is 0 Å². The van der Waals surface area contributed by atoms with E-state index in [1.165, 1.54) is 12.8 Å². The summed E-state index contributed by atoms with van der Waals surface area (Å²) in [6.07, 6.45) is 6.16. The van der Waals surface area contributed by atoms with E-state index < -0.39 is 6.10 Å². The van der Waals surface area contributed by atoms with Gasteiger partial charge in [0.2, 0.25) is 5.91 Å². The molecule has 2 aliphatic carbocycles. The van der Waals surface area contributed by atoms with Gasteiger partial charge in [0.1, 0.15) is 6.10 Å². The lowest BCUT2D eigenvalue weighted by Gasteiger charge is -2.19. The average Bonchev–Trinajstić information content (AvgIpc) is 2.99. The normalized spacial score (nSPS) is 34.5. The standard InChI is InChI=1S/C15H26N2O3/c18-14-12(16-7-10-5-6-10)9-20-13(14)8-17-15(19)11-3-1-2-4-11/h10-14,16,18H,1-9H2,(H,17,19)/t12-,13-,14+/m1/s1. The quantitative estimate of drug-likeness (QED) is 0.660. The smallest absolute Gasteiger partial charge is 0.223 e. The van der Waals surface area contributed by atoms with Gasteiger partial charge in [-0.3, -0.25) is 4.79 Å². The Bertz CT molecular complexity index is 340. The zero-order chi connectivity index (χ0) is 13.9. The van der Waals surface area contributed by atoms with Crippen LogP contribution >= 0.6 is 0 Å². The number of aliphatic hydroxyl groups is 1. The van der Waals surface area contributed by atoms with Crippen molar-refractivity contribution in [2.45, 2.75) is 56.8 Å². The lowest BCUT2D eigenvalue weighted by molar-refractivity contribution is -0.125. The van der Waals surface area contributed by atoms with E-state index in [2.05, 4.69) is 10.6 Å². The molecule has 0 aromatic rings. The van der Waals surface area contributed by atoms with Crippen LogP contribution in [0.2, 0.25) is 0 Å². The molecule has 0 spiro atoms. The van der Waals surface area contributed by atoms with E-state index >= 15 is 0 Å². The van der Waals surface area contributed by atoms with Gasteiger partial charge in [0.25, 0.3) is 0 Å². The summed E-state index contributed by atoms with van der Waals surface area (Å²) >= 11 is 0. The lowest BCUT2D eigenvalue weighted by atomic mass is 10.1. The number of nitrogens with one attached hydrogen (secondary N) is 2. The third kappa shape index (κ3) is 3.51. The summed E-state index contributed by atoms with van der Waals surface area (Å²) in [5, 5.41) is 16.5. The Morgan fingerprint density at radius 2 is 1.90 bits per heavy atom. The second kappa shape index (κ2) is 6.41. The Labute approximate surface area is 120 Å². The van der Waals surface area contributed by atoms with Crippen LogP contribution in [0.3, 0.4) is 0 Å². The zero-order valence-electron chi connectivity index (χ0n) is 12.0. The molecule has 3 aliphatic rings. The largest absolute Gasteiger partial charge is 0.389 e. The van der Waals surface area contributed by atoms with Gasteiger partial charge < -0.3 is 20.5 Å². The molecule has 1 amide bonds. The molecule has 5 heteroatoms. The first-order chi connectivity index (χ1) is 9.74. The van der Waals surface area contributed by atoms with Gasteiger partial charge in [-0.2, -0.15) is 0 Å². The van der Waals surface area contributed by atoms with Crippen molar-refractivity contribution in [3.05, 3.63) is 0 Å². The Hall–Kier alpha value is -0.650. The summed E-state index contributed by atoms with van der Waals surface area (Å²) in [4.78, 5) is 11.9. The fraction of sp³-hybridized carbons (Fsp3) is 0.933. The molecule has 0 unspecified atom stereocenters. The van der Waals surface area contributed by atoms with Crippen molar-refractivity contribution in [3.63, 3.8) is 0 Å². The van der Waals surface area contributed by atoms with Crippen LogP contribution in [0.1, 0.15) is 38.5 Å². The number of hydrogen-bond donors (Lipinski definition) is 3. The summed E-state index contributed by atoms with van der Waals surface area (Å²) in [6, 6.07) is 0.0176. The van der Waals surface area contributed by atoms with Gasteiger partial charge in [0.05, 0.1) is 18.8 Å². The number of carbonyl (C=O) groups is 1. The van der Waals surface area contributed by atoms with E-state index in [0.29, 0.717) is 13.2 Å². The van der Waals surface area contributed by atoms with Crippen molar-refractivity contribution in [1.82, 2.24) is 10.6 Å². The first-order valence-corrected chi connectivity index (χ1v) is 8.05. The molecule has 3 rings (SSSR count). The maximum absolute atomic E-state index is 11.9. The Balaban J connectivity index is 1.37. The SMILES string of the molecule is O=C(NC[C@H]1OC[C@@H](NCC2CC2)[C@@H]1O)C1CCCC1. The third-order valence-electron chi connectivity index (χ3n) is 4.85. The van der Waals surface area contributed by atoms with Gasteiger partial charge in [-0.1, -0.05) is 12.8 Å². The van der Waals surface area contributed by atoms with Gasteiger partial charge in [0, 0.05) is 12.5 Å². The summed E-state index contributed by atoms with van der Waals surface area (Å²) in [5.74, 6) is 1.10. The van der Waals surface area contributed by atoms with Crippen molar-refractivity contribution >= 4 is 5.91 Å². The minimum Gasteiger partial charge on any atom is -0.389 e. The van der Waals surface area contributed by atoms with E-state index in [4.69, 9.17) is 4.74 Å². The second-order valence-electron chi connectivity index (χ2n) is 6.55. The Morgan fingerprint density at radius 1 is 1.15 bits per heavy atom. The first kappa shape index (κ1) is 14.3. The molecule has 0 bridgehead atoms. The van der Waals surface area contributed by atoms with Crippen molar-refractivity contribution in [3.8, 4) is 0 Å². The number of carbonyl (C=O) groups excluding carboxylic acids is 1. The predicted octanol–water partition coefficient (Wildman–Crippen LogP) is 0.421. The maximum atomic E-state index is 11.9. The molecule has 3 N–H and O–H groups in total.